The molecule has 0 spiro atoms. The lowest BCUT2D eigenvalue weighted by Crippen LogP contribution is -2.57. The predicted octanol–water partition coefficient (Wildman–Crippen LogP) is 4.91. The van der Waals surface area contributed by atoms with E-state index in [4.69, 9.17) is 4.74 Å². The first-order valence-electron chi connectivity index (χ1n) is 10.1. The van der Waals surface area contributed by atoms with Gasteiger partial charge in [-0.3, -0.25) is 4.79 Å². The smallest absolute Gasteiger partial charge is 0.458 e. The molecule has 4 saturated carbocycles. The minimum atomic E-state index is -5.04. The third-order valence-electron chi connectivity index (χ3n) is 7.06. The molecule has 0 saturated heterocycles. The predicted molar refractivity (Wildman–Crippen MR) is 109 cm³/mol. The Hall–Kier alpha value is -1.28. The Labute approximate surface area is 176 Å². The topological polar surface area (TPSA) is 69.7 Å². The van der Waals surface area contributed by atoms with Gasteiger partial charge in [0.05, 0.1) is 5.75 Å². The molecule has 160 valence electrons. The van der Waals surface area contributed by atoms with Gasteiger partial charge in [0.25, 0.3) is 0 Å². The number of halogens is 1. The SMILES string of the molecule is CC(C)(OC(=O)CSc1ccc(OS(=O)(=O)F)cc1)C12CC3CC(CC(C3)C1)C2. The van der Waals surface area contributed by atoms with Crippen molar-refractivity contribution in [3.63, 3.8) is 0 Å². The third kappa shape index (κ3) is 4.58. The van der Waals surface area contributed by atoms with Crippen molar-refractivity contribution < 1.29 is 26.0 Å². The van der Waals surface area contributed by atoms with Gasteiger partial charge in [-0.05, 0) is 94.4 Å². The zero-order valence-electron chi connectivity index (χ0n) is 16.7. The summed E-state index contributed by atoms with van der Waals surface area (Å²) in [6.07, 6.45) is 7.57. The van der Waals surface area contributed by atoms with Gasteiger partial charge in [-0.2, -0.15) is 8.42 Å². The van der Waals surface area contributed by atoms with Crippen LogP contribution in [0.4, 0.5) is 3.89 Å². The van der Waals surface area contributed by atoms with Gasteiger partial charge >= 0.3 is 16.5 Å². The number of rotatable bonds is 7. The molecular formula is C21H27FO5S2. The summed E-state index contributed by atoms with van der Waals surface area (Å²) >= 11 is 1.30. The van der Waals surface area contributed by atoms with Crippen LogP contribution in [0.1, 0.15) is 52.4 Å². The van der Waals surface area contributed by atoms with Crippen molar-refractivity contribution in [2.45, 2.75) is 62.9 Å². The van der Waals surface area contributed by atoms with E-state index in [1.54, 1.807) is 12.1 Å². The molecule has 0 heterocycles. The zero-order chi connectivity index (χ0) is 20.9. The molecule has 5 nitrogen and oxygen atoms in total. The van der Waals surface area contributed by atoms with Crippen molar-refractivity contribution in [1.82, 2.24) is 0 Å². The summed E-state index contributed by atoms with van der Waals surface area (Å²) in [6, 6.07) is 5.87. The monoisotopic (exact) mass is 442 g/mol. The van der Waals surface area contributed by atoms with E-state index in [1.807, 2.05) is 0 Å². The highest BCUT2D eigenvalue weighted by Gasteiger charge is 2.58. The molecule has 0 atom stereocenters. The summed E-state index contributed by atoms with van der Waals surface area (Å²) < 4.78 is 43.7. The lowest BCUT2D eigenvalue weighted by Gasteiger charge is -2.61. The van der Waals surface area contributed by atoms with E-state index in [1.165, 1.54) is 62.4 Å². The molecule has 4 fully saturated rings. The summed E-state index contributed by atoms with van der Waals surface area (Å²) in [5, 5.41) is 0. The first-order chi connectivity index (χ1) is 13.5. The molecule has 0 aromatic heterocycles. The van der Waals surface area contributed by atoms with Gasteiger partial charge in [-0.15, -0.1) is 11.8 Å². The fourth-order valence-electron chi connectivity index (χ4n) is 6.12. The van der Waals surface area contributed by atoms with Crippen molar-refractivity contribution >= 4 is 28.2 Å². The lowest BCUT2D eigenvalue weighted by atomic mass is 9.46. The molecule has 29 heavy (non-hydrogen) atoms. The van der Waals surface area contributed by atoms with Gasteiger partial charge in [0.1, 0.15) is 11.4 Å². The number of hydrogen-bond donors (Lipinski definition) is 0. The van der Waals surface area contributed by atoms with Gasteiger partial charge in [0, 0.05) is 10.3 Å². The average Bonchev–Trinajstić information content (AvgIpc) is 2.58. The second-order valence-corrected chi connectivity index (χ2v) is 11.4. The number of ether oxygens (including phenoxy) is 1. The second-order valence-electron chi connectivity index (χ2n) is 9.42. The fourth-order valence-corrected chi connectivity index (χ4v) is 7.13. The maximum absolute atomic E-state index is 12.6. The van der Waals surface area contributed by atoms with Crippen molar-refractivity contribution in [2.75, 3.05) is 5.75 Å². The number of carbonyl (C=O) groups is 1. The Morgan fingerprint density at radius 2 is 1.62 bits per heavy atom. The lowest BCUT2D eigenvalue weighted by molar-refractivity contribution is -0.196. The zero-order valence-corrected chi connectivity index (χ0v) is 18.4. The molecule has 0 amide bonds. The van der Waals surface area contributed by atoms with Crippen molar-refractivity contribution in [2.24, 2.45) is 23.2 Å². The van der Waals surface area contributed by atoms with Crippen LogP contribution in [0.25, 0.3) is 0 Å². The number of esters is 1. The van der Waals surface area contributed by atoms with Crippen molar-refractivity contribution in [3.8, 4) is 5.75 Å². The number of thioether (sulfide) groups is 1. The molecule has 4 aliphatic carbocycles. The fraction of sp³-hybridized carbons (Fsp3) is 0.667. The highest BCUT2D eigenvalue weighted by molar-refractivity contribution is 8.00. The highest BCUT2D eigenvalue weighted by Crippen LogP contribution is 2.64. The van der Waals surface area contributed by atoms with Gasteiger partial charge in [0.15, 0.2) is 0 Å². The number of carbonyl (C=O) groups excluding carboxylic acids is 1. The quantitative estimate of drug-likeness (QED) is 0.339. The molecule has 4 aliphatic rings. The van der Waals surface area contributed by atoms with Crippen LogP contribution in [-0.4, -0.2) is 25.7 Å². The van der Waals surface area contributed by atoms with Crippen LogP contribution in [0.2, 0.25) is 0 Å². The standard InChI is InChI=1S/C21H27FO5S2/c1-20(2,21-10-14-7-15(11-21)9-16(8-14)12-21)26-19(23)13-28-18-5-3-17(4-6-18)27-29(22,24)25/h3-6,14-16H,7-13H2,1-2H3. The van der Waals surface area contributed by atoms with Crippen LogP contribution < -0.4 is 4.18 Å². The van der Waals surface area contributed by atoms with Gasteiger partial charge in [0.2, 0.25) is 0 Å². The van der Waals surface area contributed by atoms with Crippen molar-refractivity contribution in [3.05, 3.63) is 24.3 Å². The van der Waals surface area contributed by atoms with E-state index < -0.39 is 16.1 Å². The molecule has 8 heteroatoms. The molecule has 4 bridgehead atoms. The molecule has 0 N–H and O–H groups in total. The molecule has 1 aromatic carbocycles. The Bertz CT molecular complexity index is 844. The van der Waals surface area contributed by atoms with Crippen LogP contribution in [0.15, 0.2) is 29.2 Å². The second kappa shape index (κ2) is 7.45. The van der Waals surface area contributed by atoms with E-state index in [-0.39, 0.29) is 22.9 Å². The number of benzene rings is 1. The van der Waals surface area contributed by atoms with E-state index >= 15 is 0 Å². The van der Waals surface area contributed by atoms with E-state index in [0.29, 0.717) is 0 Å². The first kappa shape index (κ1) is 21.0. The molecule has 0 unspecified atom stereocenters. The minimum Gasteiger partial charge on any atom is -0.458 e. The van der Waals surface area contributed by atoms with Crippen molar-refractivity contribution in [1.29, 1.82) is 0 Å². The van der Waals surface area contributed by atoms with E-state index in [2.05, 4.69) is 18.0 Å². The molecule has 1 aromatic rings. The minimum absolute atomic E-state index is 0.109. The van der Waals surface area contributed by atoms with Crippen LogP contribution in [0.3, 0.4) is 0 Å². The van der Waals surface area contributed by atoms with Crippen LogP contribution in [0, 0.1) is 23.2 Å². The Morgan fingerprint density at radius 1 is 1.10 bits per heavy atom. The molecular weight excluding hydrogens is 415 g/mol. The van der Waals surface area contributed by atoms with E-state index in [0.717, 1.165) is 22.6 Å². The number of hydrogen-bond acceptors (Lipinski definition) is 6. The maximum Gasteiger partial charge on any atom is 0.488 e. The first-order valence-corrected chi connectivity index (χ1v) is 12.4. The molecule has 5 rings (SSSR count). The summed E-state index contributed by atoms with van der Waals surface area (Å²) in [5.74, 6) is 2.19. The Morgan fingerprint density at radius 3 is 2.10 bits per heavy atom. The summed E-state index contributed by atoms with van der Waals surface area (Å²) in [7, 11) is -5.04. The Kier molecular flexibility index (Phi) is 5.39. The maximum atomic E-state index is 12.6. The van der Waals surface area contributed by atoms with E-state index in [9.17, 15) is 17.1 Å². The Balaban J connectivity index is 1.33. The summed E-state index contributed by atoms with van der Waals surface area (Å²) in [5.41, 5.74) is -0.368. The summed E-state index contributed by atoms with van der Waals surface area (Å²) in [4.78, 5) is 13.3. The average molecular weight is 443 g/mol. The third-order valence-corrected chi connectivity index (χ3v) is 8.44. The van der Waals surface area contributed by atoms with Crippen LogP contribution in [0.5, 0.6) is 5.75 Å². The summed E-state index contributed by atoms with van der Waals surface area (Å²) in [6.45, 7) is 4.15. The van der Waals surface area contributed by atoms with Gasteiger partial charge in [-0.25, -0.2) is 0 Å². The largest absolute Gasteiger partial charge is 0.488 e. The highest BCUT2D eigenvalue weighted by atomic mass is 32.3. The van der Waals surface area contributed by atoms with Gasteiger partial charge in [-0.1, -0.05) is 3.89 Å². The molecule has 0 radical (unpaired) electrons. The van der Waals surface area contributed by atoms with Crippen LogP contribution in [-0.2, 0) is 20.0 Å². The molecule has 0 aliphatic heterocycles. The van der Waals surface area contributed by atoms with Crippen LogP contribution >= 0.6 is 11.8 Å². The van der Waals surface area contributed by atoms with Gasteiger partial charge < -0.3 is 8.92 Å². The normalized spacial score (nSPS) is 30.9.